The van der Waals surface area contributed by atoms with E-state index >= 15 is 0 Å². The van der Waals surface area contributed by atoms with Crippen LogP contribution in [0.4, 0.5) is 5.69 Å². The number of carboxylic acid groups (broad SMARTS) is 1. The highest BCUT2D eigenvalue weighted by Gasteiger charge is 2.16. The lowest BCUT2D eigenvalue weighted by Crippen LogP contribution is -2.13. The van der Waals surface area contributed by atoms with Gasteiger partial charge in [0.1, 0.15) is 17.4 Å². The van der Waals surface area contributed by atoms with Crippen molar-refractivity contribution in [2.75, 3.05) is 12.4 Å². The third-order valence-corrected chi connectivity index (χ3v) is 5.17. The van der Waals surface area contributed by atoms with Gasteiger partial charge in [0.25, 0.3) is 5.91 Å². The normalized spacial score (nSPS) is 11.0. The number of ether oxygens (including phenoxy) is 1. The average Bonchev–Trinajstić information content (AvgIpc) is 3.05. The van der Waals surface area contributed by atoms with Crippen molar-refractivity contribution in [3.63, 3.8) is 0 Å². The van der Waals surface area contributed by atoms with Crippen molar-refractivity contribution in [3.05, 3.63) is 82.2 Å². The maximum absolute atomic E-state index is 12.6. The van der Waals surface area contributed by atoms with Crippen LogP contribution in [0.1, 0.15) is 32.9 Å². The van der Waals surface area contributed by atoms with E-state index in [2.05, 4.69) is 5.32 Å². The van der Waals surface area contributed by atoms with E-state index in [0.29, 0.717) is 11.4 Å². The maximum Gasteiger partial charge on any atom is 0.335 e. The number of nitrogens with zero attached hydrogens (tertiary/aromatic N) is 2. The largest absolute Gasteiger partial charge is 0.497 e. The fraction of sp³-hybridized carbons (Fsp3) is 0.160. The molecule has 7 nitrogen and oxygen atoms in total. The second-order valence-electron chi connectivity index (χ2n) is 7.32. The van der Waals surface area contributed by atoms with E-state index in [1.807, 2.05) is 37.5 Å². The highest BCUT2D eigenvalue weighted by Crippen LogP contribution is 2.26. The molecular weight excluding hydrogens is 406 g/mol. The fourth-order valence-electron chi connectivity index (χ4n) is 3.52. The number of benzene rings is 2. The molecule has 0 radical (unpaired) electrons. The van der Waals surface area contributed by atoms with Crippen molar-refractivity contribution in [1.29, 1.82) is 5.26 Å². The smallest absolute Gasteiger partial charge is 0.335 e. The summed E-state index contributed by atoms with van der Waals surface area (Å²) in [6, 6.07) is 15.6. The van der Waals surface area contributed by atoms with Gasteiger partial charge in [0.2, 0.25) is 0 Å². The number of rotatable bonds is 6. The Balaban J connectivity index is 1.93. The summed E-state index contributed by atoms with van der Waals surface area (Å²) in [7, 11) is 1.56. The van der Waals surface area contributed by atoms with Gasteiger partial charge in [-0.25, -0.2) is 4.79 Å². The number of carbonyl (C=O) groups excluding carboxylic acids is 1. The average molecular weight is 429 g/mol. The first-order chi connectivity index (χ1) is 15.2. The molecule has 3 aromatic rings. The zero-order chi connectivity index (χ0) is 23.4. The number of aryl methyl sites for hydroxylation is 2. The number of methoxy groups -OCH3 is 1. The van der Waals surface area contributed by atoms with Gasteiger partial charge < -0.3 is 19.7 Å². The Kier molecular flexibility index (Phi) is 6.45. The summed E-state index contributed by atoms with van der Waals surface area (Å²) in [4.78, 5) is 23.9. The number of aromatic carboxylic acids is 1. The molecule has 7 heteroatoms. The van der Waals surface area contributed by atoms with Gasteiger partial charge >= 0.3 is 5.97 Å². The van der Waals surface area contributed by atoms with E-state index in [4.69, 9.17) is 4.74 Å². The third-order valence-electron chi connectivity index (χ3n) is 5.17. The number of anilines is 1. The highest BCUT2D eigenvalue weighted by atomic mass is 16.5. The summed E-state index contributed by atoms with van der Waals surface area (Å²) in [5.41, 5.74) is 4.84. The monoisotopic (exact) mass is 429 g/mol. The van der Waals surface area contributed by atoms with Crippen LogP contribution in [0.5, 0.6) is 5.75 Å². The van der Waals surface area contributed by atoms with Crippen LogP contribution in [-0.4, -0.2) is 28.7 Å². The molecule has 0 aliphatic carbocycles. The molecule has 162 valence electrons. The molecule has 1 aromatic heterocycles. The Morgan fingerprint density at radius 1 is 1.09 bits per heavy atom. The Morgan fingerprint density at radius 3 is 2.34 bits per heavy atom. The van der Waals surface area contributed by atoms with E-state index in [1.54, 1.807) is 55.7 Å². The van der Waals surface area contributed by atoms with Gasteiger partial charge in [-0.2, -0.15) is 5.26 Å². The minimum absolute atomic E-state index is 0.0287. The molecule has 0 saturated heterocycles. The lowest BCUT2D eigenvalue weighted by atomic mass is 10.1. The van der Waals surface area contributed by atoms with Crippen LogP contribution in [0, 0.1) is 32.1 Å². The zero-order valence-electron chi connectivity index (χ0n) is 18.3. The Labute approximate surface area is 186 Å². The predicted molar refractivity (Wildman–Crippen MR) is 122 cm³/mol. The molecule has 0 spiro atoms. The minimum Gasteiger partial charge on any atom is -0.497 e. The van der Waals surface area contributed by atoms with Gasteiger partial charge in [-0.05, 0) is 86.5 Å². The number of hydrogen-bond donors (Lipinski definition) is 2. The SMILES string of the molecule is COc1ccc(NC(=O)/C(C#N)=C\c2cc(C)n(-c3ccc(C(=O)O)cc3C)c2C)cc1. The van der Waals surface area contributed by atoms with Crippen molar-refractivity contribution in [2.24, 2.45) is 0 Å². The number of hydrogen-bond acceptors (Lipinski definition) is 4. The fourth-order valence-corrected chi connectivity index (χ4v) is 3.52. The van der Waals surface area contributed by atoms with Gasteiger partial charge in [-0.15, -0.1) is 0 Å². The van der Waals surface area contributed by atoms with Gasteiger partial charge in [0.05, 0.1) is 12.7 Å². The molecule has 0 aliphatic rings. The standard InChI is InChI=1S/C25H23N3O4/c1-15-11-18(25(30)31)5-10-23(15)28-16(2)12-19(17(28)3)13-20(14-26)24(29)27-21-6-8-22(32-4)9-7-21/h5-13H,1-4H3,(H,27,29)(H,30,31)/b20-13-. The van der Waals surface area contributed by atoms with Gasteiger partial charge in [-0.3, -0.25) is 4.79 Å². The zero-order valence-corrected chi connectivity index (χ0v) is 18.3. The number of carbonyl (C=O) groups is 2. The quantitative estimate of drug-likeness (QED) is 0.438. The van der Waals surface area contributed by atoms with Crippen molar-refractivity contribution in [3.8, 4) is 17.5 Å². The first-order valence-corrected chi connectivity index (χ1v) is 9.85. The van der Waals surface area contributed by atoms with Crippen molar-refractivity contribution >= 4 is 23.6 Å². The second kappa shape index (κ2) is 9.23. The van der Waals surface area contributed by atoms with Gasteiger partial charge in [-0.1, -0.05) is 0 Å². The molecule has 1 amide bonds. The van der Waals surface area contributed by atoms with Gasteiger partial charge in [0, 0.05) is 22.8 Å². The predicted octanol–water partition coefficient (Wildman–Crippen LogP) is 4.66. The second-order valence-corrected chi connectivity index (χ2v) is 7.32. The van der Waals surface area contributed by atoms with Crippen LogP contribution in [0.25, 0.3) is 11.8 Å². The van der Waals surface area contributed by atoms with Gasteiger partial charge in [0.15, 0.2) is 0 Å². The van der Waals surface area contributed by atoms with Crippen molar-refractivity contribution < 1.29 is 19.4 Å². The Morgan fingerprint density at radius 2 is 1.78 bits per heavy atom. The molecule has 0 atom stereocenters. The topological polar surface area (TPSA) is 104 Å². The molecule has 0 aliphatic heterocycles. The lowest BCUT2D eigenvalue weighted by Gasteiger charge is -2.13. The minimum atomic E-state index is -0.981. The van der Waals surface area contributed by atoms with E-state index < -0.39 is 11.9 Å². The first kappa shape index (κ1) is 22.4. The Bertz CT molecular complexity index is 1260. The van der Waals surface area contributed by atoms with Crippen LogP contribution < -0.4 is 10.1 Å². The van der Waals surface area contributed by atoms with Crippen LogP contribution in [-0.2, 0) is 4.79 Å². The number of amides is 1. The van der Waals surface area contributed by atoms with Crippen molar-refractivity contribution in [1.82, 2.24) is 4.57 Å². The molecule has 0 saturated carbocycles. The molecule has 3 rings (SSSR count). The molecule has 0 bridgehead atoms. The molecule has 2 aromatic carbocycles. The first-order valence-electron chi connectivity index (χ1n) is 9.85. The van der Waals surface area contributed by atoms with Crippen LogP contribution in [0.3, 0.4) is 0 Å². The van der Waals surface area contributed by atoms with Crippen LogP contribution in [0.2, 0.25) is 0 Å². The molecule has 2 N–H and O–H groups in total. The number of carboxylic acids is 1. The van der Waals surface area contributed by atoms with E-state index in [0.717, 1.165) is 28.2 Å². The number of aromatic nitrogens is 1. The van der Waals surface area contributed by atoms with E-state index in [9.17, 15) is 20.0 Å². The summed E-state index contributed by atoms with van der Waals surface area (Å²) in [6.45, 7) is 5.65. The van der Waals surface area contributed by atoms with Crippen molar-refractivity contribution in [2.45, 2.75) is 20.8 Å². The summed E-state index contributed by atoms with van der Waals surface area (Å²) in [5.74, 6) is -0.826. The summed E-state index contributed by atoms with van der Waals surface area (Å²) < 4.78 is 7.08. The molecule has 32 heavy (non-hydrogen) atoms. The van der Waals surface area contributed by atoms with E-state index in [1.165, 1.54) is 0 Å². The Hall–Kier alpha value is -4.31. The van der Waals surface area contributed by atoms with E-state index in [-0.39, 0.29) is 11.1 Å². The van der Waals surface area contributed by atoms with Crippen LogP contribution >= 0.6 is 0 Å². The summed E-state index contributed by atoms with van der Waals surface area (Å²) >= 11 is 0. The molecular formula is C25H23N3O4. The third kappa shape index (κ3) is 4.55. The summed E-state index contributed by atoms with van der Waals surface area (Å²) in [5, 5.41) is 21.5. The molecule has 0 unspecified atom stereocenters. The summed E-state index contributed by atoms with van der Waals surface area (Å²) in [6.07, 6.45) is 1.55. The number of nitrogens with one attached hydrogen (secondary N) is 1. The van der Waals surface area contributed by atoms with Crippen LogP contribution in [0.15, 0.2) is 54.1 Å². The molecule has 1 heterocycles. The number of nitriles is 1. The highest BCUT2D eigenvalue weighted by molar-refractivity contribution is 6.09. The molecule has 0 fully saturated rings. The lowest BCUT2D eigenvalue weighted by molar-refractivity contribution is -0.112. The maximum atomic E-state index is 12.6.